The van der Waals surface area contributed by atoms with E-state index in [1.54, 1.807) is 37.4 Å². The van der Waals surface area contributed by atoms with E-state index in [1.807, 2.05) is 19.1 Å². The van der Waals surface area contributed by atoms with Gasteiger partial charge >= 0.3 is 0 Å². The van der Waals surface area contributed by atoms with Gasteiger partial charge in [-0.15, -0.1) is 0 Å². The maximum atomic E-state index is 12.2. The van der Waals surface area contributed by atoms with Crippen molar-refractivity contribution in [3.63, 3.8) is 0 Å². The highest BCUT2D eigenvalue weighted by Gasteiger charge is 2.09. The summed E-state index contributed by atoms with van der Waals surface area (Å²) in [4.78, 5) is 23.2. The SMILES string of the molecule is CCOc1ccc(NC(=O)Cc2ccc(NC(C)=O)cc2)cc1OC. The lowest BCUT2D eigenvalue weighted by Gasteiger charge is -2.12. The maximum Gasteiger partial charge on any atom is 0.228 e. The van der Waals surface area contributed by atoms with Crippen molar-refractivity contribution in [3.05, 3.63) is 48.0 Å². The summed E-state index contributed by atoms with van der Waals surface area (Å²) in [5.74, 6) is 0.935. The summed E-state index contributed by atoms with van der Waals surface area (Å²) in [6, 6.07) is 12.4. The minimum atomic E-state index is -0.140. The summed E-state index contributed by atoms with van der Waals surface area (Å²) in [6.07, 6.45) is 0.232. The van der Waals surface area contributed by atoms with E-state index >= 15 is 0 Å². The van der Waals surface area contributed by atoms with Crippen molar-refractivity contribution in [1.82, 2.24) is 0 Å². The maximum absolute atomic E-state index is 12.2. The molecule has 0 unspecified atom stereocenters. The molecular formula is C19H22N2O4. The van der Waals surface area contributed by atoms with E-state index in [9.17, 15) is 9.59 Å². The van der Waals surface area contributed by atoms with Gasteiger partial charge in [-0.2, -0.15) is 0 Å². The third kappa shape index (κ3) is 5.53. The Balaban J connectivity index is 1.98. The molecule has 0 fully saturated rings. The van der Waals surface area contributed by atoms with Gasteiger partial charge in [0, 0.05) is 24.4 Å². The van der Waals surface area contributed by atoms with Crippen molar-refractivity contribution >= 4 is 23.2 Å². The Morgan fingerprint density at radius 2 is 1.64 bits per heavy atom. The lowest BCUT2D eigenvalue weighted by Crippen LogP contribution is -2.14. The highest BCUT2D eigenvalue weighted by molar-refractivity contribution is 5.93. The standard InChI is InChI=1S/C19H22N2O4/c1-4-25-17-10-9-16(12-18(17)24-3)21-19(23)11-14-5-7-15(8-6-14)20-13(2)22/h5-10,12H,4,11H2,1-3H3,(H,20,22)(H,21,23). The molecule has 0 spiro atoms. The average molecular weight is 342 g/mol. The van der Waals surface area contributed by atoms with Gasteiger partial charge in [0.25, 0.3) is 0 Å². The zero-order valence-corrected chi connectivity index (χ0v) is 14.6. The van der Waals surface area contributed by atoms with Gasteiger partial charge in [-0.25, -0.2) is 0 Å². The number of benzene rings is 2. The van der Waals surface area contributed by atoms with Crippen LogP contribution in [0, 0.1) is 0 Å². The lowest BCUT2D eigenvalue weighted by molar-refractivity contribution is -0.116. The second kappa shape index (κ2) is 8.73. The van der Waals surface area contributed by atoms with Crippen molar-refractivity contribution in [2.45, 2.75) is 20.3 Å². The highest BCUT2D eigenvalue weighted by Crippen LogP contribution is 2.30. The molecule has 0 radical (unpaired) electrons. The van der Waals surface area contributed by atoms with Crippen molar-refractivity contribution < 1.29 is 19.1 Å². The van der Waals surface area contributed by atoms with Crippen molar-refractivity contribution in [2.75, 3.05) is 24.4 Å². The monoisotopic (exact) mass is 342 g/mol. The van der Waals surface area contributed by atoms with E-state index < -0.39 is 0 Å². The molecule has 0 saturated heterocycles. The summed E-state index contributed by atoms with van der Waals surface area (Å²) >= 11 is 0. The Bertz CT molecular complexity index is 742. The fourth-order valence-electron chi connectivity index (χ4n) is 2.32. The first-order valence-corrected chi connectivity index (χ1v) is 7.99. The number of ether oxygens (including phenoxy) is 2. The number of carbonyl (C=O) groups excluding carboxylic acids is 2. The number of anilines is 2. The molecule has 2 N–H and O–H groups in total. The van der Waals surface area contributed by atoms with Crippen LogP contribution in [0.15, 0.2) is 42.5 Å². The van der Waals surface area contributed by atoms with E-state index in [-0.39, 0.29) is 18.2 Å². The number of nitrogens with one attached hydrogen (secondary N) is 2. The van der Waals surface area contributed by atoms with Crippen molar-refractivity contribution in [3.8, 4) is 11.5 Å². The number of rotatable bonds is 7. The summed E-state index contributed by atoms with van der Waals surface area (Å²) in [7, 11) is 1.56. The molecule has 2 aromatic rings. The molecule has 0 saturated carbocycles. The van der Waals surface area contributed by atoms with Gasteiger partial charge in [-0.1, -0.05) is 12.1 Å². The van der Waals surface area contributed by atoms with E-state index in [0.29, 0.717) is 29.5 Å². The van der Waals surface area contributed by atoms with Crippen LogP contribution < -0.4 is 20.1 Å². The molecule has 0 aliphatic rings. The Kier molecular flexibility index (Phi) is 6.39. The molecule has 2 rings (SSSR count). The third-order valence-electron chi connectivity index (χ3n) is 3.39. The average Bonchev–Trinajstić information content (AvgIpc) is 2.57. The van der Waals surface area contributed by atoms with Crippen LogP contribution >= 0.6 is 0 Å². The predicted molar refractivity (Wildman–Crippen MR) is 97.2 cm³/mol. The molecule has 0 aromatic heterocycles. The van der Waals surface area contributed by atoms with E-state index in [4.69, 9.17) is 9.47 Å². The van der Waals surface area contributed by atoms with Crippen molar-refractivity contribution in [1.29, 1.82) is 0 Å². The summed E-state index contributed by atoms with van der Waals surface area (Å²) in [5.41, 5.74) is 2.19. The van der Waals surface area contributed by atoms with Crippen LogP contribution in [-0.2, 0) is 16.0 Å². The Hall–Kier alpha value is -3.02. The van der Waals surface area contributed by atoms with Crippen LogP contribution in [0.3, 0.4) is 0 Å². The Labute approximate surface area is 147 Å². The van der Waals surface area contributed by atoms with Crippen LogP contribution in [0.5, 0.6) is 11.5 Å². The summed E-state index contributed by atoms with van der Waals surface area (Å²) in [6.45, 7) is 3.88. The lowest BCUT2D eigenvalue weighted by atomic mass is 10.1. The van der Waals surface area contributed by atoms with Gasteiger partial charge in [0.15, 0.2) is 11.5 Å². The minimum absolute atomic E-state index is 0.130. The molecule has 6 heteroatoms. The molecule has 2 aromatic carbocycles. The Morgan fingerprint density at radius 1 is 0.960 bits per heavy atom. The fourth-order valence-corrected chi connectivity index (χ4v) is 2.32. The van der Waals surface area contributed by atoms with Gasteiger partial charge in [0.2, 0.25) is 11.8 Å². The minimum Gasteiger partial charge on any atom is -0.493 e. The first kappa shape index (κ1) is 18.3. The molecule has 6 nitrogen and oxygen atoms in total. The normalized spacial score (nSPS) is 10.0. The van der Waals surface area contributed by atoms with E-state index in [0.717, 1.165) is 5.56 Å². The number of amides is 2. The molecule has 132 valence electrons. The van der Waals surface area contributed by atoms with Crippen molar-refractivity contribution in [2.24, 2.45) is 0 Å². The molecule has 0 bridgehead atoms. The van der Waals surface area contributed by atoms with Gasteiger partial charge in [-0.3, -0.25) is 9.59 Å². The molecule has 0 aliphatic heterocycles. The van der Waals surface area contributed by atoms with E-state index in [2.05, 4.69) is 10.6 Å². The Morgan fingerprint density at radius 3 is 2.24 bits per heavy atom. The first-order chi connectivity index (χ1) is 12.0. The summed E-state index contributed by atoms with van der Waals surface area (Å²) < 4.78 is 10.7. The fraction of sp³-hybridized carbons (Fsp3) is 0.263. The van der Waals surface area contributed by atoms with Crippen LogP contribution in [0.1, 0.15) is 19.4 Å². The zero-order valence-electron chi connectivity index (χ0n) is 14.6. The molecule has 0 aliphatic carbocycles. The zero-order chi connectivity index (χ0) is 18.2. The topological polar surface area (TPSA) is 76.7 Å². The van der Waals surface area contributed by atoms with Crippen LogP contribution in [0.25, 0.3) is 0 Å². The number of methoxy groups -OCH3 is 1. The summed E-state index contributed by atoms with van der Waals surface area (Å²) in [5, 5.41) is 5.53. The number of hydrogen-bond acceptors (Lipinski definition) is 4. The smallest absolute Gasteiger partial charge is 0.228 e. The predicted octanol–water partition coefficient (Wildman–Crippen LogP) is 3.23. The van der Waals surface area contributed by atoms with Gasteiger partial charge < -0.3 is 20.1 Å². The van der Waals surface area contributed by atoms with Crippen LogP contribution in [-0.4, -0.2) is 25.5 Å². The van der Waals surface area contributed by atoms with Crippen LogP contribution in [0.2, 0.25) is 0 Å². The second-order valence-electron chi connectivity index (χ2n) is 5.40. The molecule has 2 amide bonds. The molecular weight excluding hydrogens is 320 g/mol. The number of carbonyl (C=O) groups is 2. The van der Waals surface area contributed by atoms with Gasteiger partial charge in [-0.05, 0) is 36.8 Å². The number of hydrogen-bond donors (Lipinski definition) is 2. The van der Waals surface area contributed by atoms with Crippen LogP contribution in [0.4, 0.5) is 11.4 Å². The molecule has 25 heavy (non-hydrogen) atoms. The molecule has 0 heterocycles. The highest BCUT2D eigenvalue weighted by atomic mass is 16.5. The third-order valence-corrected chi connectivity index (χ3v) is 3.39. The largest absolute Gasteiger partial charge is 0.493 e. The quantitative estimate of drug-likeness (QED) is 0.810. The van der Waals surface area contributed by atoms with Gasteiger partial charge in [0.05, 0.1) is 20.1 Å². The van der Waals surface area contributed by atoms with Gasteiger partial charge in [0.1, 0.15) is 0 Å². The first-order valence-electron chi connectivity index (χ1n) is 7.99. The second-order valence-corrected chi connectivity index (χ2v) is 5.40. The van der Waals surface area contributed by atoms with E-state index in [1.165, 1.54) is 6.92 Å². The molecule has 0 atom stereocenters.